The molecule has 5 nitrogen and oxygen atoms in total. The molecule has 2 rings (SSSR count). The maximum atomic E-state index is 5.73. The Morgan fingerprint density at radius 2 is 2.29 bits per heavy atom. The van der Waals surface area contributed by atoms with Crippen molar-refractivity contribution in [2.75, 3.05) is 31.5 Å². The first-order valence-corrected chi connectivity index (χ1v) is 5.55. The summed E-state index contributed by atoms with van der Waals surface area (Å²) in [5.41, 5.74) is 5.73. The van der Waals surface area contributed by atoms with Crippen LogP contribution in [0.25, 0.3) is 0 Å². The van der Waals surface area contributed by atoms with Crippen LogP contribution >= 0.6 is 24.0 Å². The number of nitrogens with zero attached hydrogens (tertiary/aromatic N) is 3. The smallest absolute Gasteiger partial charge is 0.194 e. The fraction of sp³-hybridized carbons (Fsp3) is 0.455. The monoisotopic (exact) mass is 347 g/mol. The van der Waals surface area contributed by atoms with E-state index in [1.807, 2.05) is 18.2 Å². The van der Waals surface area contributed by atoms with Gasteiger partial charge in [-0.1, -0.05) is 6.07 Å². The number of nitrogens with two attached hydrogens (primary N) is 1. The average Bonchev–Trinajstić information content (AvgIpc) is 2.23. The first-order chi connectivity index (χ1) is 7.84. The maximum absolute atomic E-state index is 5.73. The van der Waals surface area contributed by atoms with Crippen molar-refractivity contribution in [3.05, 3.63) is 24.4 Å². The molecule has 1 aromatic heterocycles. The molecule has 0 saturated carbocycles. The largest absolute Gasteiger partial charge is 0.370 e. The van der Waals surface area contributed by atoms with Crippen LogP contribution < -0.4 is 11.1 Å². The number of nitrogens with one attached hydrogen (secondary N) is 1. The van der Waals surface area contributed by atoms with Crippen LogP contribution in [0.15, 0.2) is 29.4 Å². The summed E-state index contributed by atoms with van der Waals surface area (Å²) in [5.74, 6) is 1.16. The zero-order chi connectivity index (χ0) is 11.2. The van der Waals surface area contributed by atoms with E-state index in [-0.39, 0.29) is 24.0 Å². The molecule has 1 aromatic rings. The van der Waals surface area contributed by atoms with Gasteiger partial charge in [0, 0.05) is 12.7 Å². The summed E-state index contributed by atoms with van der Waals surface area (Å²) in [6.07, 6.45) is 3.03. The van der Waals surface area contributed by atoms with Crippen LogP contribution in [0, 0.1) is 0 Å². The number of halogens is 1. The maximum Gasteiger partial charge on any atom is 0.194 e. The van der Waals surface area contributed by atoms with Crippen molar-refractivity contribution in [3.63, 3.8) is 0 Å². The van der Waals surface area contributed by atoms with E-state index in [0.717, 1.165) is 18.9 Å². The van der Waals surface area contributed by atoms with Crippen molar-refractivity contribution < 1.29 is 0 Å². The molecule has 1 aliphatic heterocycles. The Hall–Kier alpha value is -0.890. The molecule has 6 heteroatoms. The number of aliphatic imine (C=N–C) groups is 1. The summed E-state index contributed by atoms with van der Waals surface area (Å²) in [7, 11) is 0. The fourth-order valence-corrected chi connectivity index (χ4v) is 1.52. The van der Waals surface area contributed by atoms with Gasteiger partial charge in [-0.15, -0.1) is 24.0 Å². The highest BCUT2D eigenvalue weighted by Crippen LogP contribution is 2.04. The van der Waals surface area contributed by atoms with Crippen molar-refractivity contribution in [1.29, 1.82) is 0 Å². The van der Waals surface area contributed by atoms with Crippen molar-refractivity contribution >= 4 is 35.8 Å². The highest BCUT2D eigenvalue weighted by Gasteiger charge is 2.11. The predicted molar refractivity (Wildman–Crippen MR) is 80.8 cm³/mol. The summed E-state index contributed by atoms with van der Waals surface area (Å²) in [6, 6.07) is 5.63. The molecule has 0 unspecified atom stereocenters. The predicted octanol–water partition coefficient (Wildman–Crippen LogP) is 1.13. The van der Waals surface area contributed by atoms with E-state index in [4.69, 9.17) is 5.73 Å². The van der Waals surface area contributed by atoms with Crippen LogP contribution in [-0.4, -0.2) is 42.0 Å². The van der Waals surface area contributed by atoms with Gasteiger partial charge < -0.3 is 16.0 Å². The Morgan fingerprint density at radius 3 is 2.88 bits per heavy atom. The van der Waals surface area contributed by atoms with E-state index in [1.54, 1.807) is 6.20 Å². The van der Waals surface area contributed by atoms with Crippen molar-refractivity contribution in [2.45, 2.75) is 6.42 Å². The molecule has 0 atom stereocenters. The second kappa shape index (κ2) is 7.44. The van der Waals surface area contributed by atoms with Crippen LogP contribution in [0.3, 0.4) is 0 Å². The molecule has 1 aliphatic rings. The normalized spacial score (nSPS) is 15.9. The van der Waals surface area contributed by atoms with E-state index < -0.39 is 0 Å². The van der Waals surface area contributed by atoms with E-state index in [0.29, 0.717) is 5.96 Å². The molecular formula is C11H18IN5. The lowest BCUT2D eigenvalue weighted by molar-refractivity contribution is 0.187. The zero-order valence-corrected chi connectivity index (χ0v) is 12.0. The quantitative estimate of drug-likeness (QED) is 0.487. The highest BCUT2D eigenvalue weighted by atomic mass is 127. The van der Waals surface area contributed by atoms with Gasteiger partial charge in [-0.3, -0.25) is 4.99 Å². The van der Waals surface area contributed by atoms with E-state index in [1.165, 1.54) is 19.5 Å². The minimum Gasteiger partial charge on any atom is -0.370 e. The molecule has 94 valence electrons. The van der Waals surface area contributed by atoms with Crippen LogP contribution in [0.2, 0.25) is 0 Å². The number of anilines is 1. The van der Waals surface area contributed by atoms with Crippen LogP contribution in [0.4, 0.5) is 5.82 Å². The van der Waals surface area contributed by atoms with E-state index in [2.05, 4.69) is 20.2 Å². The van der Waals surface area contributed by atoms with Crippen molar-refractivity contribution in [3.8, 4) is 0 Å². The minimum absolute atomic E-state index is 0. The molecule has 0 bridgehead atoms. The van der Waals surface area contributed by atoms with Gasteiger partial charge in [-0.2, -0.15) is 0 Å². The van der Waals surface area contributed by atoms with Crippen molar-refractivity contribution in [1.82, 2.24) is 9.88 Å². The van der Waals surface area contributed by atoms with Gasteiger partial charge in [0.25, 0.3) is 0 Å². The zero-order valence-electron chi connectivity index (χ0n) is 9.67. The molecule has 1 saturated heterocycles. The molecule has 1 fully saturated rings. The van der Waals surface area contributed by atoms with Crippen molar-refractivity contribution in [2.24, 2.45) is 10.7 Å². The van der Waals surface area contributed by atoms with Gasteiger partial charge in [0.15, 0.2) is 5.96 Å². The third kappa shape index (κ3) is 4.86. The first kappa shape index (κ1) is 14.2. The summed E-state index contributed by atoms with van der Waals surface area (Å²) in [5, 5.41) is 2.95. The lowest BCUT2D eigenvalue weighted by Crippen LogP contribution is -2.39. The molecule has 2 heterocycles. The Bertz CT molecular complexity index is 350. The Kier molecular flexibility index (Phi) is 6.20. The number of rotatable bonds is 4. The van der Waals surface area contributed by atoms with E-state index in [9.17, 15) is 0 Å². The van der Waals surface area contributed by atoms with Crippen LogP contribution in [0.5, 0.6) is 0 Å². The van der Waals surface area contributed by atoms with Gasteiger partial charge in [0.2, 0.25) is 0 Å². The molecule has 0 aliphatic carbocycles. The standard InChI is InChI=1S/C11H17N5.HI/c12-11(14-6-9-16-7-3-8-16)15-10-4-1-2-5-13-10;/h1-2,4-5H,3,6-9H2,(H3,12,13,14,15);1H. The topological polar surface area (TPSA) is 66.5 Å². The minimum atomic E-state index is 0. The summed E-state index contributed by atoms with van der Waals surface area (Å²) < 4.78 is 0. The molecule has 17 heavy (non-hydrogen) atoms. The fourth-order valence-electron chi connectivity index (χ4n) is 1.52. The number of likely N-dealkylation sites (tertiary alicyclic amines) is 1. The van der Waals surface area contributed by atoms with Crippen LogP contribution in [-0.2, 0) is 0 Å². The molecule has 0 aromatic carbocycles. The van der Waals surface area contributed by atoms with Gasteiger partial charge >= 0.3 is 0 Å². The second-order valence-electron chi connectivity index (χ2n) is 3.80. The average molecular weight is 347 g/mol. The second-order valence-corrected chi connectivity index (χ2v) is 3.80. The van der Waals surface area contributed by atoms with Gasteiger partial charge in [0.1, 0.15) is 5.82 Å². The lowest BCUT2D eigenvalue weighted by atomic mass is 10.2. The Morgan fingerprint density at radius 1 is 1.47 bits per heavy atom. The highest BCUT2D eigenvalue weighted by molar-refractivity contribution is 14.0. The SMILES string of the molecule is I.NC(=NCCN1CCC1)Nc1ccccn1. The third-order valence-corrected chi connectivity index (χ3v) is 2.57. The molecule has 0 spiro atoms. The number of aromatic nitrogens is 1. The van der Waals surface area contributed by atoms with Gasteiger partial charge in [-0.05, 0) is 31.6 Å². The van der Waals surface area contributed by atoms with Crippen LogP contribution in [0.1, 0.15) is 6.42 Å². The number of guanidine groups is 1. The lowest BCUT2D eigenvalue weighted by Gasteiger charge is -2.29. The summed E-state index contributed by atoms with van der Waals surface area (Å²) in [4.78, 5) is 10.7. The van der Waals surface area contributed by atoms with Gasteiger partial charge in [0.05, 0.1) is 6.54 Å². The Balaban J connectivity index is 0.00000144. The van der Waals surface area contributed by atoms with E-state index >= 15 is 0 Å². The summed E-state index contributed by atoms with van der Waals surface area (Å²) >= 11 is 0. The first-order valence-electron chi connectivity index (χ1n) is 5.55. The molecule has 0 radical (unpaired) electrons. The molecule has 0 amide bonds. The number of hydrogen-bond acceptors (Lipinski definition) is 3. The molecular weight excluding hydrogens is 329 g/mol. The number of hydrogen-bond donors (Lipinski definition) is 2. The third-order valence-electron chi connectivity index (χ3n) is 2.57. The van der Waals surface area contributed by atoms with Gasteiger partial charge in [-0.25, -0.2) is 4.98 Å². The Labute approximate surface area is 119 Å². The summed E-state index contributed by atoms with van der Waals surface area (Å²) in [6.45, 7) is 4.13. The number of pyridine rings is 1. The molecule has 3 N–H and O–H groups in total.